The maximum Gasteiger partial charge on any atom is 0.227 e. The number of benzene rings is 2. The number of carbonyl (C=O) groups excluding carboxylic acids is 1. The molecule has 0 aliphatic rings. The van der Waals surface area contributed by atoms with Crippen molar-refractivity contribution >= 4 is 57.2 Å². The zero-order chi connectivity index (χ0) is 21.1. The number of amides is 1. The molecule has 2 heterocycles. The molecule has 0 bridgehead atoms. The number of nitrogens with zero attached hydrogens (tertiary/aromatic N) is 3. The number of nitrogens with one attached hydrogen (secondary N) is 1. The first-order valence-electron chi connectivity index (χ1n) is 8.77. The Balaban J connectivity index is 1.34. The lowest BCUT2D eigenvalue weighted by Gasteiger charge is -2.01. The Kier molecular flexibility index (Phi) is 6.34. The average molecular weight is 480 g/mol. The average Bonchev–Trinajstić information content (AvgIpc) is 3.37. The van der Waals surface area contributed by atoms with E-state index in [1.807, 2.05) is 5.38 Å². The van der Waals surface area contributed by atoms with Crippen molar-refractivity contribution in [2.45, 2.75) is 12.8 Å². The molecule has 30 heavy (non-hydrogen) atoms. The molecule has 6 nitrogen and oxygen atoms in total. The Morgan fingerprint density at radius 1 is 1.03 bits per heavy atom. The van der Waals surface area contributed by atoms with Crippen molar-refractivity contribution in [2.24, 2.45) is 0 Å². The highest BCUT2D eigenvalue weighted by Gasteiger charge is 2.13. The predicted molar refractivity (Wildman–Crippen MR) is 119 cm³/mol. The van der Waals surface area contributed by atoms with Crippen LogP contribution >= 0.6 is 46.1 Å². The van der Waals surface area contributed by atoms with E-state index in [4.69, 9.17) is 39.3 Å². The summed E-state index contributed by atoms with van der Waals surface area (Å²) in [7, 11) is 0. The van der Waals surface area contributed by atoms with Crippen LogP contribution in [0.3, 0.4) is 0 Å². The number of anilines is 1. The lowest BCUT2D eigenvalue weighted by Crippen LogP contribution is -2.12. The molecule has 0 atom stereocenters. The Morgan fingerprint density at radius 3 is 2.57 bits per heavy atom. The highest BCUT2D eigenvalue weighted by Crippen LogP contribution is 2.32. The van der Waals surface area contributed by atoms with E-state index >= 15 is 0 Å². The fraction of sp³-hybridized carbons (Fsp3) is 0.100. The van der Waals surface area contributed by atoms with Gasteiger partial charge in [-0.3, -0.25) is 4.79 Å². The number of hydrogen-bond donors (Lipinski definition) is 1. The molecule has 0 saturated heterocycles. The molecular formula is C20H13Cl3N4O2S. The first-order valence-corrected chi connectivity index (χ1v) is 10.8. The summed E-state index contributed by atoms with van der Waals surface area (Å²) in [4.78, 5) is 21.0. The molecule has 4 aromatic rings. The maximum atomic E-state index is 12.3. The van der Waals surface area contributed by atoms with Gasteiger partial charge in [0.2, 0.25) is 17.6 Å². The molecular weight excluding hydrogens is 467 g/mol. The van der Waals surface area contributed by atoms with Crippen molar-refractivity contribution in [3.05, 3.63) is 68.8 Å². The number of hydrogen-bond acceptors (Lipinski definition) is 6. The largest absolute Gasteiger partial charge is 0.339 e. The fourth-order valence-corrected chi connectivity index (χ4v) is 3.98. The van der Waals surface area contributed by atoms with Gasteiger partial charge in [-0.15, -0.1) is 11.3 Å². The number of rotatable bonds is 6. The molecule has 4 rings (SSSR count). The summed E-state index contributed by atoms with van der Waals surface area (Å²) in [6.45, 7) is 0. The SMILES string of the molecule is O=C(CCc1nc(-c2ccc(Cl)cc2)no1)Nc1nc(-c2ccc(Cl)cc2Cl)cs1. The zero-order valence-electron chi connectivity index (χ0n) is 15.2. The third-order valence-corrected chi connectivity index (χ3v) is 5.65. The van der Waals surface area contributed by atoms with Gasteiger partial charge in [-0.1, -0.05) is 40.0 Å². The van der Waals surface area contributed by atoms with Gasteiger partial charge in [0.05, 0.1) is 10.7 Å². The summed E-state index contributed by atoms with van der Waals surface area (Å²) < 4.78 is 5.22. The summed E-state index contributed by atoms with van der Waals surface area (Å²) in [6.07, 6.45) is 0.493. The third-order valence-electron chi connectivity index (χ3n) is 4.09. The second-order valence-electron chi connectivity index (χ2n) is 6.23. The number of thiazole rings is 1. The molecule has 10 heteroatoms. The van der Waals surface area contributed by atoms with Crippen molar-refractivity contribution in [3.8, 4) is 22.6 Å². The number of carbonyl (C=O) groups is 1. The predicted octanol–water partition coefficient (Wildman–Crippen LogP) is 6.39. The van der Waals surface area contributed by atoms with Crippen molar-refractivity contribution in [1.29, 1.82) is 0 Å². The van der Waals surface area contributed by atoms with E-state index in [-0.39, 0.29) is 12.3 Å². The number of aromatic nitrogens is 3. The van der Waals surface area contributed by atoms with E-state index in [9.17, 15) is 4.79 Å². The highest BCUT2D eigenvalue weighted by molar-refractivity contribution is 7.14. The van der Waals surface area contributed by atoms with Gasteiger partial charge in [-0.2, -0.15) is 4.98 Å². The molecule has 0 aliphatic heterocycles. The molecule has 1 amide bonds. The van der Waals surface area contributed by atoms with Gasteiger partial charge < -0.3 is 9.84 Å². The van der Waals surface area contributed by atoms with Gasteiger partial charge in [-0.25, -0.2) is 4.98 Å². The van der Waals surface area contributed by atoms with Gasteiger partial charge in [0.1, 0.15) is 0 Å². The summed E-state index contributed by atoms with van der Waals surface area (Å²) in [5.74, 6) is 0.624. The Bertz CT molecular complexity index is 1190. The van der Waals surface area contributed by atoms with Crippen LogP contribution in [0.5, 0.6) is 0 Å². The minimum Gasteiger partial charge on any atom is -0.339 e. The second kappa shape index (κ2) is 9.14. The van der Waals surface area contributed by atoms with E-state index in [1.165, 1.54) is 11.3 Å². The minimum atomic E-state index is -0.204. The fourth-order valence-electron chi connectivity index (χ4n) is 2.63. The van der Waals surface area contributed by atoms with Crippen LogP contribution in [0, 0.1) is 0 Å². The second-order valence-corrected chi connectivity index (χ2v) is 8.37. The topological polar surface area (TPSA) is 80.9 Å². The molecule has 152 valence electrons. The van der Waals surface area contributed by atoms with Crippen LogP contribution in [-0.4, -0.2) is 21.0 Å². The van der Waals surface area contributed by atoms with Crippen LogP contribution in [-0.2, 0) is 11.2 Å². The van der Waals surface area contributed by atoms with E-state index in [0.717, 1.165) is 11.1 Å². The van der Waals surface area contributed by atoms with Crippen molar-refractivity contribution in [2.75, 3.05) is 5.32 Å². The standard InChI is InChI=1S/C20H13Cl3N4O2S/c21-12-3-1-11(2-4-12)19-26-18(29-27-19)8-7-17(28)25-20-24-16(10-30-20)14-6-5-13(22)9-15(14)23/h1-6,9-10H,7-8H2,(H,24,25,28). The van der Waals surface area contributed by atoms with Gasteiger partial charge >= 0.3 is 0 Å². The van der Waals surface area contributed by atoms with Gasteiger partial charge in [0.25, 0.3) is 0 Å². The molecule has 0 aliphatic carbocycles. The van der Waals surface area contributed by atoms with Crippen molar-refractivity contribution < 1.29 is 9.32 Å². The van der Waals surface area contributed by atoms with Crippen LogP contribution in [0.1, 0.15) is 12.3 Å². The van der Waals surface area contributed by atoms with Crippen LogP contribution in [0.25, 0.3) is 22.6 Å². The lowest BCUT2D eigenvalue weighted by atomic mass is 10.2. The third kappa shape index (κ3) is 4.99. The van der Waals surface area contributed by atoms with E-state index in [2.05, 4.69) is 20.4 Å². The first kappa shape index (κ1) is 20.8. The Labute approximate surface area is 190 Å². The quantitative estimate of drug-likeness (QED) is 0.346. The smallest absolute Gasteiger partial charge is 0.227 e. The molecule has 2 aromatic carbocycles. The zero-order valence-corrected chi connectivity index (χ0v) is 18.3. The van der Waals surface area contributed by atoms with Crippen LogP contribution in [0.15, 0.2) is 52.4 Å². The van der Waals surface area contributed by atoms with Gasteiger partial charge in [0, 0.05) is 39.4 Å². The number of halogens is 3. The monoisotopic (exact) mass is 478 g/mol. The molecule has 1 N–H and O–H groups in total. The highest BCUT2D eigenvalue weighted by atomic mass is 35.5. The summed E-state index contributed by atoms with van der Waals surface area (Å²) in [5, 5.41) is 10.7. The molecule has 0 radical (unpaired) electrons. The normalized spacial score (nSPS) is 10.9. The minimum absolute atomic E-state index is 0.179. The Morgan fingerprint density at radius 2 is 1.80 bits per heavy atom. The van der Waals surface area contributed by atoms with Crippen molar-refractivity contribution in [3.63, 3.8) is 0 Å². The summed E-state index contributed by atoms with van der Waals surface area (Å²) >= 11 is 19.3. The first-order chi connectivity index (χ1) is 14.5. The Hall–Kier alpha value is -2.45. The van der Waals surface area contributed by atoms with Gasteiger partial charge in [-0.05, 0) is 42.5 Å². The van der Waals surface area contributed by atoms with Crippen molar-refractivity contribution in [1.82, 2.24) is 15.1 Å². The van der Waals surface area contributed by atoms with Crippen LogP contribution in [0.2, 0.25) is 15.1 Å². The lowest BCUT2D eigenvalue weighted by molar-refractivity contribution is -0.116. The van der Waals surface area contributed by atoms with E-state index < -0.39 is 0 Å². The molecule has 2 aromatic heterocycles. The molecule has 0 spiro atoms. The summed E-state index contributed by atoms with van der Waals surface area (Å²) in [5.41, 5.74) is 2.20. The van der Waals surface area contributed by atoms with Gasteiger partial charge in [0.15, 0.2) is 5.13 Å². The number of aryl methyl sites for hydroxylation is 1. The van der Waals surface area contributed by atoms with E-state index in [1.54, 1.807) is 42.5 Å². The van der Waals surface area contributed by atoms with E-state index in [0.29, 0.717) is 44.0 Å². The summed E-state index contributed by atoms with van der Waals surface area (Å²) in [6, 6.07) is 12.3. The molecule has 0 unspecified atom stereocenters. The molecule has 0 saturated carbocycles. The van der Waals surface area contributed by atoms with Crippen LogP contribution < -0.4 is 5.32 Å². The van der Waals surface area contributed by atoms with Crippen LogP contribution in [0.4, 0.5) is 5.13 Å². The molecule has 0 fully saturated rings. The maximum absolute atomic E-state index is 12.3.